The Morgan fingerprint density at radius 3 is 2.53 bits per heavy atom. The second-order valence-corrected chi connectivity index (χ2v) is 5.11. The maximum Gasteiger partial charge on any atom is 0.0537 e. The molecule has 0 fully saturated rings. The Labute approximate surface area is 106 Å². The normalized spacial score (nSPS) is 14.9. The standard InChI is InChI=1S/C14H27N3/c1-6-11(3)8-14(7-2)15-9-13-10-16-17(5)12(13)4/h10-11,14-15H,6-9H2,1-5H3. The van der Waals surface area contributed by atoms with Gasteiger partial charge in [0.05, 0.1) is 6.20 Å². The molecule has 0 saturated carbocycles. The third-order valence-electron chi connectivity index (χ3n) is 3.79. The van der Waals surface area contributed by atoms with Crippen molar-refractivity contribution in [2.75, 3.05) is 0 Å². The van der Waals surface area contributed by atoms with Crippen LogP contribution in [0.3, 0.4) is 0 Å². The van der Waals surface area contributed by atoms with E-state index in [0.717, 1.165) is 12.5 Å². The molecule has 2 unspecified atom stereocenters. The second kappa shape index (κ2) is 6.80. The van der Waals surface area contributed by atoms with Gasteiger partial charge in [0.25, 0.3) is 0 Å². The fourth-order valence-corrected chi connectivity index (χ4v) is 2.02. The zero-order valence-corrected chi connectivity index (χ0v) is 12.0. The first-order valence-corrected chi connectivity index (χ1v) is 6.79. The maximum absolute atomic E-state index is 4.27. The van der Waals surface area contributed by atoms with E-state index in [1.807, 2.05) is 17.9 Å². The van der Waals surface area contributed by atoms with Gasteiger partial charge in [-0.3, -0.25) is 4.68 Å². The van der Waals surface area contributed by atoms with E-state index in [9.17, 15) is 0 Å². The van der Waals surface area contributed by atoms with Gasteiger partial charge in [0.15, 0.2) is 0 Å². The van der Waals surface area contributed by atoms with E-state index in [1.165, 1.54) is 30.5 Å². The lowest BCUT2D eigenvalue weighted by atomic mass is 9.97. The lowest BCUT2D eigenvalue weighted by molar-refractivity contribution is 0.384. The molecular weight excluding hydrogens is 210 g/mol. The highest BCUT2D eigenvalue weighted by Crippen LogP contribution is 2.13. The van der Waals surface area contributed by atoms with Crippen LogP contribution < -0.4 is 5.32 Å². The van der Waals surface area contributed by atoms with Crippen molar-refractivity contribution in [1.29, 1.82) is 0 Å². The molecule has 0 aromatic carbocycles. The summed E-state index contributed by atoms with van der Waals surface area (Å²) in [6.07, 6.45) is 5.71. The molecule has 1 N–H and O–H groups in total. The summed E-state index contributed by atoms with van der Waals surface area (Å²) in [6, 6.07) is 0.629. The summed E-state index contributed by atoms with van der Waals surface area (Å²) in [5, 5.41) is 7.93. The molecule has 1 aromatic heterocycles. The Morgan fingerprint density at radius 2 is 2.06 bits per heavy atom. The highest BCUT2D eigenvalue weighted by atomic mass is 15.3. The number of hydrogen-bond donors (Lipinski definition) is 1. The zero-order chi connectivity index (χ0) is 12.8. The van der Waals surface area contributed by atoms with E-state index in [0.29, 0.717) is 6.04 Å². The van der Waals surface area contributed by atoms with Crippen molar-refractivity contribution in [3.05, 3.63) is 17.5 Å². The molecule has 0 aliphatic rings. The summed E-state index contributed by atoms with van der Waals surface area (Å²) in [7, 11) is 2.00. The monoisotopic (exact) mass is 237 g/mol. The number of aromatic nitrogens is 2. The van der Waals surface area contributed by atoms with Crippen molar-refractivity contribution < 1.29 is 0 Å². The Bertz CT molecular complexity index is 330. The van der Waals surface area contributed by atoms with Crippen LogP contribution in [0.25, 0.3) is 0 Å². The Kier molecular flexibility index (Phi) is 5.69. The zero-order valence-electron chi connectivity index (χ0n) is 12.0. The summed E-state index contributed by atoms with van der Waals surface area (Å²) in [6.45, 7) is 9.92. The summed E-state index contributed by atoms with van der Waals surface area (Å²) in [5.41, 5.74) is 2.57. The van der Waals surface area contributed by atoms with Gasteiger partial charge in [0.2, 0.25) is 0 Å². The van der Waals surface area contributed by atoms with Crippen LogP contribution in [0.4, 0.5) is 0 Å². The van der Waals surface area contributed by atoms with Crippen molar-refractivity contribution >= 4 is 0 Å². The largest absolute Gasteiger partial charge is 0.310 e. The van der Waals surface area contributed by atoms with Crippen molar-refractivity contribution in [1.82, 2.24) is 15.1 Å². The minimum Gasteiger partial charge on any atom is -0.310 e. The van der Waals surface area contributed by atoms with Crippen molar-refractivity contribution in [2.24, 2.45) is 13.0 Å². The van der Waals surface area contributed by atoms with Crippen molar-refractivity contribution in [2.45, 2.75) is 59.5 Å². The van der Waals surface area contributed by atoms with Gasteiger partial charge in [-0.1, -0.05) is 27.2 Å². The van der Waals surface area contributed by atoms with Crippen LogP contribution in [-0.2, 0) is 13.6 Å². The highest BCUT2D eigenvalue weighted by molar-refractivity contribution is 5.15. The van der Waals surface area contributed by atoms with Crippen molar-refractivity contribution in [3.8, 4) is 0 Å². The maximum atomic E-state index is 4.27. The van der Waals surface area contributed by atoms with E-state index < -0.39 is 0 Å². The SMILES string of the molecule is CCC(C)CC(CC)NCc1cnn(C)c1C. The number of rotatable bonds is 7. The third-order valence-corrected chi connectivity index (χ3v) is 3.79. The minimum atomic E-state index is 0.629. The molecule has 0 bridgehead atoms. The van der Waals surface area contributed by atoms with Gasteiger partial charge in [0, 0.05) is 30.9 Å². The molecule has 17 heavy (non-hydrogen) atoms. The molecule has 1 rings (SSSR count). The average Bonchev–Trinajstić information content (AvgIpc) is 2.65. The third kappa shape index (κ3) is 4.15. The fraction of sp³-hybridized carbons (Fsp3) is 0.786. The van der Waals surface area contributed by atoms with Gasteiger partial charge in [-0.25, -0.2) is 0 Å². The fourth-order valence-electron chi connectivity index (χ4n) is 2.02. The van der Waals surface area contributed by atoms with Gasteiger partial charge < -0.3 is 5.32 Å². The van der Waals surface area contributed by atoms with Gasteiger partial charge in [0.1, 0.15) is 0 Å². The quantitative estimate of drug-likeness (QED) is 0.790. The van der Waals surface area contributed by atoms with E-state index in [2.05, 4.69) is 38.1 Å². The van der Waals surface area contributed by atoms with Crippen LogP contribution in [-0.4, -0.2) is 15.8 Å². The first-order chi connectivity index (χ1) is 8.08. The molecule has 1 heterocycles. The number of aryl methyl sites for hydroxylation is 1. The van der Waals surface area contributed by atoms with E-state index in [-0.39, 0.29) is 0 Å². The van der Waals surface area contributed by atoms with E-state index in [1.54, 1.807) is 0 Å². The summed E-state index contributed by atoms with van der Waals surface area (Å²) >= 11 is 0. The van der Waals surface area contributed by atoms with Crippen LogP contribution in [0.5, 0.6) is 0 Å². The second-order valence-electron chi connectivity index (χ2n) is 5.11. The lowest BCUT2D eigenvalue weighted by Gasteiger charge is -2.20. The molecule has 3 nitrogen and oxygen atoms in total. The smallest absolute Gasteiger partial charge is 0.0537 e. The molecule has 0 aliphatic heterocycles. The number of nitrogens with zero attached hydrogens (tertiary/aromatic N) is 2. The van der Waals surface area contributed by atoms with Crippen LogP contribution in [0.2, 0.25) is 0 Å². The number of hydrogen-bond acceptors (Lipinski definition) is 2. The molecule has 3 heteroatoms. The van der Waals surface area contributed by atoms with E-state index >= 15 is 0 Å². The van der Waals surface area contributed by atoms with Crippen LogP contribution in [0.15, 0.2) is 6.20 Å². The van der Waals surface area contributed by atoms with Crippen LogP contribution >= 0.6 is 0 Å². The van der Waals surface area contributed by atoms with Gasteiger partial charge in [-0.15, -0.1) is 0 Å². The molecule has 0 spiro atoms. The summed E-state index contributed by atoms with van der Waals surface area (Å²) < 4.78 is 1.94. The molecule has 0 aliphatic carbocycles. The topological polar surface area (TPSA) is 29.9 Å². The van der Waals surface area contributed by atoms with Crippen LogP contribution in [0.1, 0.15) is 51.3 Å². The highest BCUT2D eigenvalue weighted by Gasteiger charge is 2.11. The predicted molar refractivity (Wildman–Crippen MR) is 72.9 cm³/mol. The van der Waals surface area contributed by atoms with Crippen LogP contribution in [0, 0.1) is 12.8 Å². The van der Waals surface area contributed by atoms with Gasteiger partial charge in [-0.2, -0.15) is 5.10 Å². The molecule has 0 radical (unpaired) electrons. The summed E-state index contributed by atoms with van der Waals surface area (Å²) in [5.74, 6) is 0.808. The first-order valence-electron chi connectivity index (χ1n) is 6.79. The van der Waals surface area contributed by atoms with Gasteiger partial charge >= 0.3 is 0 Å². The number of nitrogens with one attached hydrogen (secondary N) is 1. The van der Waals surface area contributed by atoms with Gasteiger partial charge in [-0.05, 0) is 25.7 Å². The lowest BCUT2D eigenvalue weighted by Crippen LogP contribution is -2.29. The Morgan fingerprint density at radius 1 is 1.35 bits per heavy atom. The summed E-state index contributed by atoms with van der Waals surface area (Å²) in [4.78, 5) is 0. The molecule has 0 saturated heterocycles. The first kappa shape index (κ1) is 14.2. The molecule has 0 amide bonds. The minimum absolute atomic E-state index is 0.629. The molecular formula is C14H27N3. The average molecular weight is 237 g/mol. The molecule has 1 aromatic rings. The Hall–Kier alpha value is -0.830. The van der Waals surface area contributed by atoms with Crippen molar-refractivity contribution in [3.63, 3.8) is 0 Å². The predicted octanol–water partition coefficient (Wildman–Crippen LogP) is 3.03. The van der Waals surface area contributed by atoms with E-state index in [4.69, 9.17) is 0 Å². The molecule has 98 valence electrons. The molecule has 2 atom stereocenters. The Balaban J connectivity index is 2.45.